The molecule has 1 aliphatic heterocycles. The largest absolute Gasteiger partial charge is 0.465 e. The standard InChI is InChI=1S/C13H17NO4/c15-8-11-6-12(7-14(11)13(16)17)18-9-10-4-2-1-3-5-10/h1-5,11-12,15H,6-9H2,(H,16,17)/t11-,12+/m0/s1. The molecule has 1 aliphatic rings. The van der Waals surface area contributed by atoms with E-state index in [0.717, 1.165) is 5.56 Å². The minimum Gasteiger partial charge on any atom is -0.465 e. The molecule has 18 heavy (non-hydrogen) atoms. The van der Waals surface area contributed by atoms with E-state index in [9.17, 15) is 4.79 Å². The highest BCUT2D eigenvalue weighted by molar-refractivity contribution is 5.66. The SMILES string of the molecule is O=C(O)N1C[C@H](OCc2ccccc2)C[C@H]1CO. The monoisotopic (exact) mass is 251 g/mol. The number of rotatable bonds is 4. The van der Waals surface area contributed by atoms with Crippen LogP contribution in [0.3, 0.4) is 0 Å². The van der Waals surface area contributed by atoms with Gasteiger partial charge in [0.2, 0.25) is 0 Å². The van der Waals surface area contributed by atoms with Crippen LogP contribution >= 0.6 is 0 Å². The maximum absolute atomic E-state index is 10.9. The normalized spacial score (nSPS) is 23.3. The number of aliphatic hydroxyl groups is 1. The lowest BCUT2D eigenvalue weighted by molar-refractivity contribution is 0.0464. The number of amides is 1. The highest BCUT2D eigenvalue weighted by atomic mass is 16.5. The van der Waals surface area contributed by atoms with Gasteiger partial charge < -0.3 is 19.8 Å². The number of nitrogens with zero attached hydrogens (tertiary/aromatic N) is 1. The van der Waals surface area contributed by atoms with E-state index in [4.69, 9.17) is 14.9 Å². The van der Waals surface area contributed by atoms with Crippen molar-refractivity contribution in [2.45, 2.75) is 25.2 Å². The number of carboxylic acid groups (broad SMARTS) is 1. The first-order valence-corrected chi connectivity index (χ1v) is 5.96. The lowest BCUT2D eigenvalue weighted by Gasteiger charge is -2.18. The third kappa shape index (κ3) is 3.00. The van der Waals surface area contributed by atoms with Gasteiger partial charge in [-0.15, -0.1) is 0 Å². The molecule has 0 spiro atoms. The molecule has 2 N–H and O–H groups in total. The zero-order valence-electron chi connectivity index (χ0n) is 10.0. The zero-order chi connectivity index (χ0) is 13.0. The number of benzene rings is 1. The van der Waals surface area contributed by atoms with Crippen LogP contribution in [0.25, 0.3) is 0 Å². The van der Waals surface area contributed by atoms with E-state index < -0.39 is 6.09 Å². The number of ether oxygens (including phenoxy) is 1. The molecule has 0 bridgehead atoms. The minimum atomic E-state index is -1.00. The van der Waals surface area contributed by atoms with Gasteiger partial charge in [-0.05, 0) is 12.0 Å². The van der Waals surface area contributed by atoms with E-state index in [1.165, 1.54) is 4.90 Å². The van der Waals surface area contributed by atoms with E-state index in [2.05, 4.69) is 0 Å². The molecule has 5 heteroatoms. The molecule has 1 aromatic carbocycles. The van der Waals surface area contributed by atoms with Crippen molar-refractivity contribution < 1.29 is 19.7 Å². The number of likely N-dealkylation sites (tertiary alicyclic amines) is 1. The molecule has 0 aliphatic carbocycles. The van der Waals surface area contributed by atoms with Crippen LogP contribution in [0.1, 0.15) is 12.0 Å². The minimum absolute atomic E-state index is 0.140. The van der Waals surface area contributed by atoms with Crippen LogP contribution in [-0.2, 0) is 11.3 Å². The van der Waals surface area contributed by atoms with Crippen molar-refractivity contribution in [2.24, 2.45) is 0 Å². The summed E-state index contributed by atoms with van der Waals surface area (Å²) in [4.78, 5) is 12.2. The van der Waals surface area contributed by atoms with Gasteiger partial charge in [0.15, 0.2) is 0 Å². The molecule has 1 aromatic rings. The van der Waals surface area contributed by atoms with Crippen LogP contribution in [0.15, 0.2) is 30.3 Å². The van der Waals surface area contributed by atoms with E-state index in [1.807, 2.05) is 30.3 Å². The molecule has 5 nitrogen and oxygen atoms in total. The number of hydrogen-bond donors (Lipinski definition) is 2. The van der Waals surface area contributed by atoms with Gasteiger partial charge in [0.25, 0.3) is 0 Å². The Hall–Kier alpha value is -1.59. The first-order chi connectivity index (χ1) is 8.70. The molecule has 98 valence electrons. The Kier molecular flexibility index (Phi) is 4.17. The fourth-order valence-corrected chi connectivity index (χ4v) is 2.19. The predicted octanol–water partition coefficient (Wildman–Crippen LogP) is 1.32. The van der Waals surface area contributed by atoms with Crippen molar-refractivity contribution >= 4 is 6.09 Å². The Balaban J connectivity index is 1.87. The first kappa shape index (κ1) is 12.9. The van der Waals surface area contributed by atoms with Crippen molar-refractivity contribution in [2.75, 3.05) is 13.2 Å². The molecule has 2 atom stereocenters. The van der Waals surface area contributed by atoms with E-state index in [-0.39, 0.29) is 18.8 Å². The summed E-state index contributed by atoms with van der Waals surface area (Å²) in [5.41, 5.74) is 1.06. The number of hydrogen-bond acceptors (Lipinski definition) is 3. The molecule has 1 heterocycles. The molecular weight excluding hydrogens is 234 g/mol. The summed E-state index contributed by atoms with van der Waals surface area (Å²) >= 11 is 0. The molecule has 0 unspecified atom stereocenters. The molecule has 2 rings (SSSR count). The lowest BCUT2D eigenvalue weighted by Crippen LogP contribution is -2.36. The molecular formula is C13H17NO4. The van der Waals surface area contributed by atoms with Crippen LogP contribution in [0.4, 0.5) is 4.79 Å². The van der Waals surface area contributed by atoms with Crippen LogP contribution in [0, 0.1) is 0 Å². The van der Waals surface area contributed by atoms with Crippen molar-refractivity contribution in [3.05, 3.63) is 35.9 Å². The Bertz CT molecular complexity index is 395. The molecule has 0 aromatic heterocycles. The van der Waals surface area contributed by atoms with Gasteiger partial charge in [-0.3, -0.25) is 0 Å². The van der Waals surface area contributed by atoms with Crippen molar-refractivity contribution in [3.63, 3.8) is 0 Å². The van der Waals surface area contributed by atoms with Crippen molar-refractivity contribution in [1.29, 1.82) is 0 Å². The van der Waals surface area contributed by atoms with Gasteiger partial charge >= 0.3 is 6.09 Å². The summed E-state index contributed by atoms with van der Waals surface area (Å²) in [6.45, 7) is 0.641. The van der Waals surface area contributed by atoms with Crippen molar-refractivity contribution in [1.82, 2.24) is 4.90 Å². The Morgan fingerprint density at radius 2 is 2.11 bits per heavy atom. The summed E-state index contributed by atoms with van der Waals surface area (Å²) in [5.74, 6) is 0. The third-order valence-electron chi connectivity index (χ3n) is 3.16. The molecule has 1 saturated heterocycles. The average molecular weight is 251 g/mol. The maximum atomic E-state index is 10.9. The number of carbonyl (C=O) groups is 1. The average Bonchev–Trinajstić information content (AvgIpc) is 2.81. The van der Waals surface area contributed by atoms with Gasteiger partial charge in [-0.1, -0.05) is 30.3 Å². The topological polar surface area (TPSA) is 70.0 Å². The Labute approximate surface area is 106 Å². The molecule has 0 radical (unpaired) electrons. The smallest absolute Gasteiger partial charge is 0.407 e. The summed E-state index contributed by atoms with van der Waals surface area (Å²) in [6, 6.07) is 9.40. The second-order valence-electron chi connectivity index (χ2n) is 4.43. The van der Waals surface area contributed by atoms with Crippen LogP contribution in [0.2, 0.25) is 0 Å². The fourth-order valence-electron chi connectivity index (χ4n) is 2.19. The Morgan fingerprint density at radius 3 is 2.67 bits per heavy atom. The second-order valence-corrected chi connectivity index (χ2v) is 4.43. The number of aliphatic hydroxyl groups excluding tert-OH is 1. The fraction of sp³-hybridized carbons (Fsp3) is 0.462. The van der Waals surface area contributed by atoms with Crippen LogP contribution in [0.5, 0.6) is 0 Å². The van der Waals surface area contributed by atoms with Crippen LogP contribution < -0.4 is 0 Å². The maximum Gasteiger partial charge on any atom is 0.407 e. The van der Waals surface area contributed by atoms with Crippen LogP contribution in [-0.4, -0.2) is 46.5 Å². The molecule has 0 saturated carbocycles. The van der Waals surface area contributed by atoms with E-state index in [1.54, 1.807) is 0 Å². The van der Waals surface area contributed by atoms with Gasteiger partial charge in [-0.2, -0.15) is 0 Å². The third-order valence-corrected chi connectivity index (χ3v) is 3.16. The first-order valence-electron chi connectivity index (χ1n) is 5.96. The Morgan fingerprint density at radius 1 is 1.39 bits per heavy atom. The lowest BCUT2D eigenvalue weighted by atomic mass is 10.2. The van der Waals surface area contributed by atoms with Gasteiger partial charge in [0.05, 0.1) is 31.9 Å². The van der Waals surface area contributed by atoms with Gasteiger partial charge in [0.1, 0.15) is 0 Å². The van der Waals surface area contributed by atoms with Gasteiger partial charge in [-0.25, -0.2) is 4.79 Å². The highest BCUT2D eigenvalue weighted by Gasteiger charge is 2.35. The highest BCUT2D eigenvalue weighted by Crippen LogP contribution is 2.21. The zero-order valence-corrected chi connectivity index (χ0v) is 10.0. The quantitative estimate of drug-likeness (QED) is 0.846. The van der Waals surface area contributed by atoms with Gasteiger partial charge in [0, 0.05) is 0 Å². The summed E-state index contributed by atoms with van der Waals surface area (Å²) in [7, 11) is 0. The summed E-state index contributed by atoms with van der Waals surface area (Å²) in [6.07, 6.45) is -0.589. The summed E-state index contributed by atoms with van der Waals surface area (Å²) < 4.78 is 5.69. The van der Waals surface area contributed by atoms with E-state index >= 15 is 0 Å². The summed E-state index contributed by atoms with van der Waals surface area (Å²) in [5, 5.41) is 18.1. The van der Waals surface area contributed by atoms with E-state index in [0.29, 0.717) is 19.6 Å². The molecule has 1 amide bonds. The second kappa shape index (κ2) is 5.84. The van der Waals surface area contributed by atoms with Crippen molar-refractivity contribution in [3.8, 4) is 0 Å². The predicted molar refractivity (Wildman–Crippen MR) is 65.2 cm³/mol. The molecule has 1 fully saturated rings.